The van der Waals surface area contributed by atoms with Gasteiger partial charge in [-0.1, -0.05) is 0 Å². The summed E-state index contributed by atoms with van der Waals surface area (Å²) in [5.41, 5.74) is 0.607. The molecule has 0 spiro atoms. The van der Waals surface area contributed by atoms with E-state index in [0.717, 1.165) is 6.07 Å². The van der Waals surface area contributed by atoms with Crippen LogP contribution < -0.4 is 15.8 Å². The summed E-state index contributed by atoms with van der Waals surface area (Å²) in [6, 6.07) is 2.38. The molecule has 1 aromatic heterocycles. The smallest absolute Gasteiger partial charge is 0.293 e. The van der Waals surface area contributed by atoms with Crippen molar-refractivity contribution in [1.82, 2.24) is 9.97 Å². The number of ether oxygens (including phenoxy) is 1. The molecule has 0 saturated heterocycles. The standard InChI is InChI=1S/C18H16F5N5O2/c1-30-10-7-25-14(26-8-10)15(29)27-9-2-3-12(19)11(6-9)18(16(20)21)17(22,23)5-4-13(24)28-18/h2-3,6-8,16H,4-5H2,1H3,(H2,24,28)(H,27,29). The maximum absolute atomic E-state index is 14.6. The van der Waals surface area contributed by atoms with Crippen LogP contribution in [-0.2, 0) is 5.54 Å². The van der Waals surface area contributed by atoms with Gasteiger partial charge < -0.3 is 15.8 Å². The summed E-state index contributed by atoms with van der Waals surface area (Å²) in [5.74, 6) is -6.76. The second kappa shape index (κ2) is 7.84. The normalized spacial score (nSPS) is 20.6. The van der Waals surface area contributed by atoms with Gasteiger partial charge in [-0.05, 0) is 18.2 Å². The van der Waals surface area contributed by atoms with Crippen LogP contribution >= 0.6 is 0 Å². The van der Waals surface area contributed by atoms with Crippen molar-refractivity contribution in [3.63, 3.8) is 0 Å². The van der Waals surface area contributed by atoms with Crippen molar-refractivity contribution < 1.29 is 31.5 Å². The number of nitrogens with zero attached hydrogens (tertiary/aromatic N) is 3. The van der Waals surface area contributed by atoms with Gasteiger partial charge in [0.05, 0.1) is 25.3 Å². The third kappa shape index (κ3) is 3.64. The van der Waals surface area contributed by atoms with Crippen LogP contribution in [0.15, 0.2) is 35.6 Å². The zero-order chi connectivity index (χ0) is 22.1. The van der Waals surface area contributed by atoms with Gasteiger partial charge >= 0.3 is 0 Å². The molecule has 1 aliphatic heterocycles. The van der Waals surface area contributed by atoms with Gasteiger partial charge in [0.2, 0.25) is 11.4 Å². The topological polar surface area (TPSA) is 102 Å². The second-order valence-electron chi connectivity index (χ2n) is 6.47. The fraction of sp³-hybridized carbons (Fsp3) is 0.333. The van der Waals surface area contributed by atoms with Crippen LogP contribution in [0.3, 0.4) is 0 Å². The Balaban J connectivity index is 2.01. The number of amides is 1. The molecule has 1 aliphatic rings. The van der Waals surface area contributed by atoms with Crippen LogP contribution in [0.2, 0.25) is 0 Å². The number of hydrogen-bond acceptors (Lipinski definition) is 6. The number of aliphatic imine (C=N–C) groups is 1. The number of rotatable bonds is 5. The summed E-state index contributed by atoms with van der Waals surface area (Å²) in [5, 5.41) is 2.26. The number of benzene rings is 1. The minimum absolute atomic E-state index is 0.231. The Labute approximate surface area is 167 Å². The van der Waals surface area contributed by atoms with Gasteiger partial charge in [-0.15, -0.1) is 0 Å². The van der Waals surface area contributed by atoms with Crippen molar-refractivity contribution in [2.24, 2.45) is 10.7 Å². The van der Waals surface area contributed by atoms with Crippen molar-refractivity contribution in [3.8, 4) is 5.75 Å². The molecule has 12 heteroatoms. The molecule has 3 rings (SSSR count). The fourth-order valence-corrected chi connectivity index (χ4v) is 3.04. The Kier molecular flexibility index (Phi) is 5.59. The lowest BCUT2D eigenvalue weighted by Crippen LogP contribution is -2.54. The van der Waals surface area contributed by atoms with E-state index in [1.165, 1.54) is 19.5 Å². The van der Waals surface area contributed by atoms with Gasteiger partial charge in [-0.3, -0.25) is 4.79 Å². The summed E-state index contributed by atoms with van der Waals surface area (Å²) >= 11 is 0. The van der Waals surface area contributed by atoms with E-state index >= 15 is 0 Å². The van der Waals surface area contributed by atoms with E-state index in [4.69, 9.17) is 10.5 Å². The highest BCUT2D eigenvalue weighted by Crippen LogP contribution is 2.51. The Morgan fingerprint density at radius 3 is 2.53 bits per heavy atom. The Hall–Kier alpha value is -3.31. The fourth-order valence-electron chi connectivity index (χ4n) is 3.04. The molecule has 0 bridgehead atoms. The number of aromatic nitrogens is 2. The Morgan fingerprint density at radius 1 is 1.27 bits per heavy atom. The van der Waals surface area contributed by atoms with Gasteiger partial charge in [-0.25, -0.2) is 36.9 Å². The number of carbonyl (C=O) groups excluding carboxylic acids is 1. The zero-order valence-corrected chi connectivity index (χ0v) is 15.5. The molecule has 1 amide bonds. The number of amidine groups is 1. The first-order valence-electron chi connectivity index (χ1n) is 8.58. The molecule has 1 unspecified atom stereocenters. The van der Waals surface area contributed by atoms with Crippen LogP contribution in [0.4, 0.5) is 27.6 Å². The maximum Gasteiger partial charge on any atom is 0.293 e. The molecule has 7 nitrogen and oxygen atoms in total. The Morgan fingerprint density at radius 2 is 1.93 bits per heavy atom. The number of nitrogens with one attached hydrogen (secondary N) is 1. The lowest BCUT2D eigenvalue weighted by Gasteiger charge is -2.40. The summed E-state index contributed by atoms with van der Waals surface area (Å²) in [7, 11) is 1.37. The van der Waals surface area contributed by atoms with Crippen LogP contribution in [0.25, 0.3) is 0 Å². The van der Waals surface area contributed by atoms with E-state index in [2.05, 4.69) is 20.3 Å². The summed E-state index contributed by atoms with van der Waals surface area (Å²) in [6.45, 7) is 0. The van der Waals surface area contributed by atoms with Gasteiger partial charge in [-0.2, -0.15) is 0 Å². The third-order valence-electron chi connectivity index (χ3n) is 4.59. The number of carbonyl (C=O) groups is 1. The molecule has 2 aromatic rings. The number of methoxy groups -OCH3 is 1. The molecule has 30 heavy (non-hydrogen) atoms. The van der Waals surface area contributed by atoms with Gasteiger partial charge in [0, 0.05) is 24.1 Å². The van der Waals surface area contributed by atoms with Crippen molar-refractivity contribution in [1.29, 1.82) is 0 Å². The van der Waals surface area contributed by atoms with Crippen LogP contribution in [0.5, 0.6) is 5.75 Å². The first-order chi connectivity index (χ1) is 14.1. The predicted octanol–water partition coefficient (Wildman–Crippen LogP) is 3.12. The largest absolute Gasteiger partial charge is 0.494 e. The minimum Gasteiger partial charge on any atom is -0.494 e. The maximum atomic E-state index is 14.6. The monoisotopic (exact) mass is 429 g/mol. The zero-order valence-electron chi connectivity index (χ0n) is 15.5. The van der Waals surface area contributed by atoms with E-state index in [0.29, 0.717) is 12.1 Å². The molecule has 160 valence electrons. The van der Waals surface area contributed by atoms with Gasteiger partial charge in [0.1, 0.15) is 5.82 Å². The minimum atomic E-state index is -4.08. The SMILES string of the molecule is COc1cnc(C(=O)Nc2ccc(F)c(C3(C(F)F)N=C(N)CCC3(F)F)c2)nc1. The number of hydrogen-bond donors (Lipinski definition) is 2. The highest BCUT2D eigenvalue weighted by Gasteiger charge is 2.63. The molecule has 0 fully saturated rings. The number of nitrogens with two attached hydrogens (primary N) is 1. The quantitative estimate of drug-likeness (QED) is 0.711. The van der Waals surface area contributed by atoms with Crippen molar-refractivity contribution in [2.45, 2.75) is 30.7 Å². The highest BCUT2D eigenvalue weighted by molar-refractivity contribution is 6.01. The Bertz CT molecular complexity index is 983. The van der Waals surface area contributed by atoms with Crippen molar-refractivity contribution in [3.05, 3.63) is 47.8 Å². The highest BCUT2D eigenvalue weighted by atomic mass is 19.3. The second-order valence-corrected chi connectivity index (χ2v) is 6.47. The predicted molar refractivity (Wildman–Crippen MR) is 96.4 cm³/mol. The molecule has 1 atom stereocenters. The first-order valence-corrected chi connectivity index (χ1v) is 8.58. The number of halogens is 5. The average molecular weight is 429 g/mol. The molecule has 0 saturated carbocycles. The van der Waals surface area contributed by atoms with Crippen LogP contribution in [0.1, 0.15) is 29.0 Å². The average Bonchev–Trinajstić information content (AvgIpc) is 2.71. The lowest BCUT2D eigenvalue weighted by atomic mass is 9.79. The van der Waals surface area contributed by atoms with E-state index in [-0.39, 0.29) is 17.3 Å². The molecule has 1 aromatic carbocycles. The summed E-state index contributed by atoms with van der Waals surface area (Å²) < 4.78 is 76.4. The van der Waals surface area contributed by atoms with Crippen molar-refractivity contribution in [2.75, 3.05) is 12.4 Å². The van der Waals surface area contributed by atoms with Crippen LogP contribution in [-0.4, -0.2) is 41.2 Å². The summed E-state index contributed by atoms with van der Waals surface area (Å²) in [6.07, 6.45) is -2.78. The number of anilines is 1. The lowest BCUT2D eigenvalue weighted by molar-refractivity contribution is -0.145. The molecule has 2 heterocycles. The molecular weight excluding hydrogens is 413 g/mol. The number of alkyl halides is 4. The molecule has 3 N–H and O–H groups in total. The summed E-state index contributed by atoms with van der Waals surface area (Å²) in [4.78, 5) is 23.1. The molecule has 0 radical (unpaired) electrons. The first kappa shape index (κ1) is 21.4. The third-order valence-corrected chi connectivity index (χ3v) is 4.59. The van der Waals surface area contributed by atoms with Crippen LogP contribution in [0, 0.1) is 5.82 Å². The van der Waals surface area contributed by atoms with Gasteiger partial charge in [0.25, 0.3) is 18.3 Å². The van der Waals surface area contributed by atoms with E-state index in [1.807, 2.05) is 0 Å². The van der Waals surface area contributed by atoms with E-state index in [9.17, 15) is 26.7 Å². The molecule has 0 aliphatic carbocycles. The van der Waals surface area contributed by atoms with E-state index < -0.39 is 53.9 Å². The van der Waals surface area contributed by atoms with E-state index in [1.54, 1.807) is 0 Å². The van der Waals surface area contributed by atoms with Gasteiger partial charge in [0.15, 0.2) is 5.75 Å². The molecular formula is C18H16F5N5O2. The van der Waals surface area contributed by atoms with Crippen molar-refractivity contribution >= 4 is 17.4 Å².